The zero-order valence-electron chi connectivity index (χ0n) is 6.14. The highest BCUT2D eigenvalue weighted by molar-refractivity contribution is 5.88. The molecule has 0 aromatic rings. The second-order valence-electron chi connectivity index (χ2n) is 2.34. The van der Waals surface area contributed by atoms with Crippen molar-refractivity contribution in [2.24, 2.45) is 0 Å². The Morgan fingerprint density at radius 1 is 1.58 bits per heavy atom. The van der Waals surface area contributed by atoms with E-state index in [1.165, 1.54) is 18.4 Å². The van der Waals surface area contributed by atoms with E-state index >= 15 is 0 Å². The van der Waals surface area contributed by atoms with Gasteiger partial charge in [0, 0.05) is 0 Å². The SMILES string of the molecule is O=C(O)C1=CC=CNC1C(O)O. The molecule has 0 fully saturated rings. The van der Waals surface area contributed by atoms with E-state index in [1.54, 1.807) is 0 Å². The van der Waals surface area contributed by atoms with Gasteiger partial charge in [-0.15, -0.1) is 0 Å². The van der Waals surface area contributed by atoms with Crippen LogP contribution in [-0.2, 0) is 4.79 Å². The highest BCUT2D eigenvalue weighted by atomic mass is 16.5. The third-order valence-corrected chi connectivity index (χ3v) is 1.53. The molecule has 0 spiro atoms. The van der Waals surface area contributed by atoms with Crippen molar-refractivity contribution in [3.8, 4) is 0 Å². The minimum Gasteiger partial charge on any atom is -0.478 e. The van der Waals surface area contributed by atoms with Crippen LogP contribution >= 0.6 is 0 Å². The lowest BCUT2D eigenvalue weighted by Gasteiger charge is -2.21. The average molecular weight is 171 g/mol. The van der Waals surface area contributed by atoms with E-state index in [9.17, 15) is 4.79 Å². The molecule has 1 atom stereocenters. The van der Waals surface area contributed by atoms with E-state index in [-0.39, 0.29) is 5.57 Å². The molecular weight excluding hydrogens is 162 g/mol. The Morgan fingerprint density at radius 3 is 2.67 bits per heavy atom. The molecule has 0 bridgehead atoms. The first-order chi connectivity index (χ1) is 5.63. The fourth-order valence-electron chi connectivity index (χ4n) is 0.955. The highest BCUT2D eigenvalue weighted by Gasteiger charge is 2.26. The van der Waals surface area contributed by atoms with Gasteiger partial charge in [-0.05, 0) is 18.4 Å². The number of hydrogen-bond acceptors (Lipinski definition) is 4. The largest absolute Gasteiger partial charge is 0.478 e. The number of aliphatic hydroxyl groups is 2. The molecule has 1 aliphatic heterocycles. The molecule has 0 amide bonds. The molecule has 0 radical (unpaired) electrons. The van der Waals surface area contributed by atoms with Crippen molar-refractivity contribution < 1.29 is 20.1 Å². The van der Waals surface area contributed by atoms with Crippen LogP contribution in [0.3, 0.4) is 0 Å². The molecule has 0 aromatic carbocycles. The van der Waals surface area contributed by atoms with Gasteiger partial charge in [-0.1, -0.05) is 0 Å². The lowest BCUT2D eigenvalue weighted by Crippen LogP contribution is -2.42. The first-order valence-corrected chi connectivity index (χ1v) is 3.35. The Bertz CT molecular complexity index is 244. The monoisotopic (exact) mass is 171 g/mol. The van der Waals surface area contributed by atoms with Crippen LogP contribution in [0.4, 0.5) is 0 Å². The number of hydrogen-bond donors (Lipinski definition) is 4. The van der Waals surface area contributed by atoms with Gasteiger partial charge in [0.2, 0.25) is 0 Å². The molecule has 4 N–H and O–H groups in total. The van der Waals surface area contributed by atoms with Crippen LogP contribution < -0.4 is 5.32 Å². The van der Waals surface area contributed by atoms with Crippen LogP contribution in [0.5, 0.6) is 0 Å². The molecule has 12 heavy (non-hydrogen) atoms. The van der Waals surface area contributed by atoms with Crippen molar-refractivity contribution in [3.63, 3.8) is 0 Å². The number of carboxylic acid groups (broad SMARTS) is 1. The van der Waals surface area contributed by atoms with Gasteiger partial charge < -0.3 is 20.6 Å². The number of dihydropyridines is 1. The maximum atomic E-state index is 10.5. The first kappa shape index (κ1) is 8.76. The summed E-state index contributed by atoms with van der Waals surface area (Å²) in [5.74, 6) is -1.16. The second-order valence-corrected chi connectivity index (χ2v) is 2.34. The summed E-state index contributed by atoms with van der Waals surface area (Å²) in [6, 6.07) is -0.951. The van der Waals surface area contributed by atoms with E-state index in [2.05, 4.69) is 5.32 Å². The number of carboxylic acids is 1. The third-order valence-electron chi connectivity index (χ3n) is 1.53. The molecule has 0 saturated heterocycles. The van der Waals surface area contributed by atoms with Crippen molar-refractivity contribution in [2.75, 3.05) is 0 Å². The Morgan fingerprint density at radius 2 is 2.25 bits per heavy atom. The summed E-state index contributed by atoms with van der Waals surface area (Å²) < 4.78 is 0. The number of aliphatic hydroxyl groups excluding tert-OH is 1. The zero-order chi connectivity index (χ0) is 9.14. The van der Waals surface area contributed by atoms with E-state index < -0.39 is 18.3 Å². The normalized spacial score (nSPS) is 21.9. The summed E-state index contributed by atoms with van der Waals surface area (Å²) in [5.41, 5.74) is -0.0625. The van der Waals surface area contributed by atoms with Gasteiger partial charge in [-0.3, -0.25) is 0 Å². The van der Waals surface area contributed by atoms with Crippen LogP contribution in [0.1, 0.15) is 0 Å². The molecule has 0 aromatic heterocycles. The fraction of sp³-hybridized carbons (Fsp3) is 0.286. The minimum atomic E-state index is -1.71. The van der Waals surface area contributed by atoms with E-state index in [0.717, 1.165) is 0 Å². The van der Waals surface area contributed by atoms with Crippen LogP contribution in [-0.4, -0.2) is 33.6 Å². The number of aliphatic carboxylic acids is 1. The summed E-state index contributed by atoms with van der Waals surface area (Å²) in [4.78, 5) is 10.5. The van der Waals surface area contributed by atoms with Crippen LogP contribution in [0.15, 0.2) is 23.9 Å². The van der Waals surface area contributed by atoms with Crippen LogP contribution in [0, 0.1) is 0 Å². The van der Waals surface area contributed by atoms with E-state index in [4.69, 9.17) is 15.3 Å². The maximum Gasteiger partial charge on any atom is 0.333 e. The summed E-state index contributed by atoms with van der Waals surface area (Å²) in [7, 11) is 0. The first-order valence-electron chi connectivity index (χ1n) is 3.35. The second kappa shape index (κ2) is 3.38. The van der Waals surface area contributed by atoms with Gasteiger partial charge in [0.05, 0.1) is 5.57 Å². The molecule has 5 heteroatoms. The van der Waals surface area contributed by atoms with Crippen LogP contribution in [0.2, 0.25) is 0 Å². The van der Waals surface area contributed by atoms with Crippen molar-refractivity contribution in [1.29, 1.82) is 0 Å². The zero-order valence-corrected chi connectivity index (χ0v) is 6.14. The smallest absolute Gasteiger partial charge is 0.333 e. The highest BCUT2D eigenvalue weighted by Crippen LogP contribution is 2.09. The van der Waals surface area contributed by atoms with E-state index in [1.807, 2.05) is 0 Å². The van der Waals surface area contributed by atoms with Crippen molar-refractivity contribution in [3.05, 3.63) is 23.9 Å². The Kier molecular flexibility index (Phi) is 2.47. The minimum absolute atomic E-state index is 0.0625. The fourth-order valence-corrected chi connectivity index (χ4v) is 0.955. The molecule has 1 rings (SSSR count). The van der Waals surface area contributed by atoms with Crippen molar-refractivity contribution >= 4 is 5.97 Å². The Balaban J connectivity index is 2.84. The van der Waals surface area contributed by atoms with Crippen molar-refractivity contribution in [1.82, 2.24) is 5.32 Å². The van der Waals surface area contributed by atoms with Gasteiger partial charge in [0.15, 0.2) is 6.29 Å². The number of allylic oxidation sites excluding steroid dienone is 2. The lowest BCUT2D eigenvalue weighted by atomic mass is 10.0. The maximum absolute atomic E-state index is 10.5. The Labute approximate surface area is 68.6 Å². The molecule has 1 unspecified atom stereocenters. The number of rotatable bonds is 2. The molecule has 5 nitrogen and oxygen atoms in total. The lowest BCUT2D eigenvalue weighted by molar-refractivity contribution is -0.135. The predicted molar refractivity (Wildman–Crippen MR) is 40.0 cm³/mol. The van der Waals surface area contributed by atoms with Crippen molar-refractivity contribution in [2.45, 2.75) is 12.3 Å². The van der Waals surface area contributed by atoms with Gasteiger partial charge in [-0.25, -0.2) is 4.79 Å². The quantitative estimate of drug-likeness (QED) is 0.391. The summed E-state index contributed by atoms with van der Waals surface area (Å²) >= 11 is 0. The molecule has 1 aliphatic rings. The molecule has 1 heterocycles. The molecule has 0 saturated carbocycles. The standard InChI is InChI=1S/C7H9NO4/c9-6(10)4-2-1-3-8-5(4)7(11)12/h1-3,5,7-8,11-12H,(H,9,10). The molecule has 66 valence electrons. The molecule has 0 aliphatic carbocycles. The predicted octanol–water partition coefficient (Wildman–Crippen LogP) is -1.21. The van der Waals surface area contributed by atoms with Gasteiger partial charge in [-0.2, -0.15) is 0 Å². The topological polar surface area (TPSA) is 89.8 Å². The van der Waals surface area contributed by atoms with E-state index in [0.29, 0.717) is 0 Å². The van der Waals surface area contributed by atoms with Gasteiger partial charge in [0.1, 0.15) is 6.04 Å². The summed E-state index contributed by atoms with van der Waals surface area (Å²) in [6.45, 7) is 0. The van der Waals surface area contributed by atoms with Gasteiger partial charge >= 0.3 is 5.97 Å². The summed E-state index contributed by atoms with van der Waals surface area (Å²) in [6.07, 6.45) is 2.55. The number of carbonyl (C=O) groups is 1. The molecular formula is C7H9NO4. The Hall–Kier alpha value is -1.33. The van der Waals surface area contributed by atoms with Crippen LogP contribution in [0.25, 0.3) is 0 Å². The number of nitrogens with one attached hydrogen (secondary N) is 1. The van der Waals surface area contributed by atoms with Gasteiger partial charge in [0.25, 0.3) is 0 Å². The summed E-state index contributed by atoms with van der Waals surface area (Å²) in [5, 5.41) is 28.6. The third kappa shape index (κ3) is 1.63. The average Bonchev–Trinajstić information content (AvgIpc) is 2.04.